The average Bonchev–Trinajstić information content (AvgIpc) is 2.65. The van der Waals surface area contributed by atoms with Crippen LogP contribution in [-0.2, 0) is 0 Å². The summed E-state index contributed by atoms with van der Waals surface area (Å²) in [5.41, 5.74) is 7.54. The summed E-state index contributed by atoms with van der Waals surface area (Å²) in [5.74, 6) is -0.251. The van der Waals surface area contributed by atoms with Gasteiger partial charge in [-0.3, -0.25) is 4.79 Å². The van der Waals surface area contributed by atoms with E-state index in [4.69, 9.17) is 28.9 Å². The second-order valence-electron chi connectivity index (χ2n) is 3.75. The summed E-state index contributed by atoms with van der Waals surface area (Å²) >= 11 is 13.2. The number of benzene rings is 1. The van der Waals surface area contributed by atoms with E-state index in [1.165, 1.54) is 11.3 Å². The fourth-order valence-corrected chi connectivity index (χ4v) is 2.73. The monoisotopic (exact) mass is 300 g/mol. The van der Waals surface area contributed by atoms with Gasteiger partial charge in [-0.1, -0.05) is 23.2 Å². The average molecular weight is 301 g/mol. The Morgan fingerprint density at radius 1 is 1.39 bits per heavy atom. The summed E-state index contributed by atoms with van der Waals surface area (Å²) in [5, 5.41) is 5.46. The number of nitrogen functional groups attached to an aromatic ring is 1. The van der Waals surface area contributed by atoms with Crippen LogP contribution in [0.25, 0.3) is 0 Å². The van der Waals surface area contributed by atoms with Crippen molar-refractivity contribution in [3.8, 4) is 0 Å². The van der Waals surface area contributed by atoms with E-state index in [1.807, 2.05) is 12.3 Å². The van der Waals surface area contributed by atoms with Gasteiger partial charge in [0.15, 0.2) is 0 Å². The number of carbonyl (C=O) groups is 1. The predicted molar refractivity (Wildman–Crippen MR) is 77.9 cm³/mol. The zero-order valence-corrected chi connectivity index (χ0v) is 11.8. The van der Waals surface area contributed by atoms with Crippen LogP contribution < -0.4 is 11.1 Å². The first-order valence-corrected chi connectivity index (χ1v) is 6.72. The normalized spacial score (nSPS) is 10.4. The second-order valence-corrected chi connectivity index (χ2v) is 5.42. The van der Waals surface area contributed by atoms with Gasteiger partial charge >= 0.3 is 0 Å². The van der Waals surface area contributed by atoms with Crippen molar-refractivity contribution in [2.75, 3.05) is 11.1 Å². The molecule has 0 saturated heterocycles. The molecule has 1 amide bonds. The molecule has 18 heavy (non-hydrogen) atoms. The summed E-state index contributed by atoms with van der Waals surface area (Å²) in [6, 6.07) is 4.93. The lowest BCUT2D eigenvalue weighted by Crippen LogP contribution is -2.10. The number of carbonyl (C=O) groups excluding carboxylic acids is 1. The lowest BCUT2D eigenvalue weighted by atomic mass is 10.2. The van der Waals surface area contributed by atoms with Crippen LogP contribution in [-0.4, -0.2) is 5.91 Å². The van der Waals surface area contributed by atoms with Gasteiger partial charge in [-0.25, -0.2) is 0 Å². The number of amides is 1. The van der Waals surface area contributed by atoms with Gasteiger partial charge in [0.2, 0.25) is 0 Å². The number of halogens is 2. The fraction of sp³-hybridized carbons (Fsp3) is 0.0833. The zero-order chi connectivity index (χ0) is 13.3. The third kappa shape index (κ3) is 2.61. The summed E-state index contributed by atoms with van der Waals surface area (Å²) in [6.07, 6.45) is 0. The van der Waals surface area contributed by atoms with Crippen LogP contribution in [0.2, 0.25) is 10.0 Å². The number of nitrogens with one attached hydrogen (secondary N) is 1. The van der Waals surface area contributed by atoms with Crippen molar-refractivity contribution in [2.45, 2.75) is 6.92 Å². The molecule has 0 radical (unpaired) electrons. The molecular weight excluding hydrogens is 291 g/mol. The molecule has 1 heterocycles. The van der Waals surface area contributed by atoms with Gasteiger partial charge in [0.25, 0.3) is 5.91 Å². The van der Waals surface area contributed by atoms with Crippen LogP contribution in [0.3, 0.4) is 0 Å². The van der Waals surface area contributed by atoms with Crippen molar-refractivity contribution in [3.63, 3.8) is 0 Å². The lowest BCUT2D eigenvalue weighted by molar-refractivity contribution is 0.103. The largest absolute Gasteiger partial charge is 0.398 e. The standard InChI is InChI=1S/C12H10Cl2N2OS/c1-6-5-18-11(10(6)14)12(17)16-7-2-3-9(15)8(13)4-7/h2-5H,15H2,1H3,(H,16,17). The van der Waals surface area contributed by atoms with Crippen LogP contribution in [0.4, 0.5) is 11.4 Å². The Bertz CT molecular complexity index is 610. The molecule has 0 atom stereocenters. The quantitative estimate of drug-likeness (QED) is 0.817. The Hall–Kier alpha value is -1.23. The van der Waals surface area contributed by atoms with Gasteiger partial charge in [-0.05, 0) is 36.1 Å². The first-order valence-electron chi connectivity index (χ1n) is 5.09. The fourth-order valence-electron chi connectivity index (χ4n) is 1.38. The van der Waals surface area contributed by atoms with Crippen molar-refractivity contribution in [3.05, 3.63) is 44.1 Å². The number of rotatable bonds is 2. The van der Waals surface area contributed by atoms with Crippen LogP contribution in [0.1, 0.15) is 15.2 Å². The van der Waals surface area contributed by atoms with Crippen molar-refractivity contribution >= 4 is 51.8 Å². The van der Waals surface area contributed by atoms with E-state index in [-0.39, 0.29) is 5.91 Å². The Kier molecular flexibility index (Phi) is 3.80. The molecule has 1 aromatic carbocycles. The molecule has 0 saturated carbocycles. The molecule has 0 aliphatic rings. The van der Waals surface area contributed by atoms with Crippen molar-refractivity contribution in [1.29, 1.82) is 0 Å². The lowest BCUT2D eigenvalue weighted by Gasteiger charge is -2.06. The Labute approximate surface area is 119 Å². The Morgan fingerprint density at radius 3 is 2.67 bits per heavy atom. The third-order valence-corrected chi connectivity index (χ3v) is 4.39. The molecule has 0 fully saturated rings. The van der Waals surface area contributed by atoms with E-state index in [9.17, 15) is 4.79 Å². The van der Waals surface area contributed by atoms with Crippen LogP contribution in [0.15, 0.2) is 23.6 Å². The number of anilines is 2. The van der Waals surface area contributed by atoms with Gasteiger partial charge < -0.3 is 11.1 Å². The molecule has 6 heteroatoms. The van der Waals surface area contributed by atoms with E-state index in [1.54, 1.807) is 18.2 Å². The van der Waals surface area contributed by atoms with Gasteiger partial charge in [0.1, 0.15) is 4.88 Å². The highest BCUT2D eigenvalue weighted by Crippen LogP contribution is 2.28. The van der Waals surface area contributed by atoms with E-state index in [0.717, 1.165) is 5.56 Å². The molecule has 0 bridgehead atoms. The van der Waals surface area contributed by atoms with Crippen LogP contribution >= 0.6 is 34.5 Å². The SMILES string of the molecule is Cc1csc(C(=O)Nc2ccc(N)c(Cl)c2)c1Cl. The molecule has 2 aromatic rings. The van der Waals surface area contributed by atoms with E-state index < -0.39 is 0 Å². The highest BCUT2D eigenvalue weighted by molar-refractivity contribution is 7.13. The maximum atomic E-state index is 12.0. The van der Waals surface area contributed by atoms with Crippen LogP contribution in [0.5, 0.6) is 0 Å². The van der Waals surface area contributed by atoms with E-state index in [2.05, 4.69) is 5.32 Å². The maximum Gasteiger partial charge on any atom is 0.267 e. The van der Waals surface area contributed by atoms with Crippen molar-refractivity contribution in [1.82, 2.24) is 0 Å². The summed E-state index contributed by atoms with van der Waals surface area (Å²) in [6.45, 7) is 1.86. The van der Waals surface area contributed by atoms with Crippen LogP contribution in [0, 0.1) is 6.92 Å². The first-order chi connectivity index (χ1) is 8.49. The number of nitrogens with two attached hydrogens (primary N) is 1. The Morgan fingerprint density at radius 2 is 2.11 bits per heavy atom. The van der Waals surface area contributed by atoms with Gasteiger partial charge in [0, 0.05) is 5.69 Å². The molecule has 1 aromatic heterocycles. The molecule has 0 aliphatic carbocycles. The topological polar surface area (TPSA) is 55.1 Å². The minimum absolute atomic E-state index is 0.251. The van der Waals surface area contributed by atoms with Crippen molar-refractivity contribution in [2.24, 2.45) is 0 Å². The number of thiophene rings is 1. The number of aryl methyl sites for hydroxylation is 1. The zero-order valence-electron chi connectivity index (χ0n) is 9.46. The van der Waals surface area contributed by atoms with Gasteiger partial charge in [0.05, 0.1) is 15.7 Å². The highest BCUT2D eigenvalue weighted by Gasteiger charge is 2.14. The number of hydrogen-bond donors (Lipinski definition) is 2. The third-order valence-electron chi connectivity index (χ3n) is 2.36. The van der Waals surface area contributed by atoms with Gasteiger partial charge in [-0.15, -0.1) is 11.3 Å². The molecule has 0 aliphatic heterocycles. The first kappa shape index (κ1) is 13.2. The van der Waals surface area contributed by atoms with Crippen molar-refractivity contribution < 1.29 is 4.79 Å². The minimum atomic E-state index is -0.251. The molecule has 0 unspecified atom stereocenters. The smallest absolute Gasteiger partial charge is 0.267 e. The maximum absolute atomic E-state index is 12.0. The summed E-state index contributed by atoms with van der Waals surface area (Å²) in [4.78, 5) is 12.5. The Balaban J connectivity index is 2.21. The summed E-state index contributed by atoms with van der Waals surface area (Å²) < 4.78 is 0. The molecule has 94 valence electrons. The molecule has 2 rings (SSSR count). The van der Waals surface area contributed by atoms with E-state index in [0.29, 0.717) is 26.3 Å². The molecule has 3 N–H and O–H groups in total. The molecule has 0 spiro atoms. The molecule has 3 nitrogen and oxygen atoms in total. The second kappa shape index (κ2) is 5.18. The molecular formula is C12H10Cl2N2OS. The summed E-state index contributed by atoms with van der Waals surface area (Å²) in [7, 11) is 0. The predicted octanol–water partition coefficient (Wildman–Crippen LogP) is 4.20. The number of hydrogen-bond acceptors (Lipinski definition) is 3. The van der Waals surface area contributed by atoms with Gasteiger partial charge in [-0.2, -0.15) is 0 Å². The highest BCUT2D eigenvalue weighted by atomic mass is 35.5. The van der Waals surface area contributed by atoms with E-state index >= 15 is 0 Å². The minimum Gasteiger partial charge on any atom is -0.398 e.